The van der Waals surface area contributed by atoms with E-state index in [1.165, 1.54) is 6.33 Å². The molecule has 1 rings (SSSR count). The molecule has 0 aromatic carbocycles. The van der Waals surface area contributed by atoms with Crippen LogP contribution in [0.1, 0.15) is 12.5 Å². The minimum absolute atomic E-state index is 0.601. The standard InChI is InChI=1S/C10H18N4O/c1-4-15-10-8(2)9(12-7-13-10)14(3)6-5-11/h7H,4-6,11H2,1-3H3. The molecule has 0 aliphatic carbocycles. The van der Waals surface area contributed by atoms with Gasteiger partial charge in [-0.05, 0) is 13.8 Å². The van der Waals surface area contributed by atoms with Gasteiger partial charge in [0.25, 0.3) is 0 Å². The molecule has 0 fully saturated rings. The number of rotatable bonds is 5. The molecule has 0 unspecified atom stereocenters. The SMILES string of the molecule is CCOc1ncnc(N(C)CCN)c1C. The predicted octanol–water partition coefficient (Wildman–Crippen LogP) is 0.579. The molecule has 0 saturated carbocycles. The Labute approximate surface area is 90.3 Å². The van der Waals surface area contributed by atoms with Crippen LogP contribution in [0.25, 0.3) is 0 Å². The maximum absolute atomic E-state index is 5.50. The number of likely N-dealkylation sites (N-methyl/N-ethyl adjacent to an activating group) is 1. The Morgan fingerprint density at radius 1 is 1.47 bits per heavy atom. The highest BCUT2D eigenvalue weighted by Crippen LogP contribution is 2.22. The predicted molar refractivity (Wildman–Crippen MR) is 60.3 cm³/mol. The monoisotopic (exact) mass is 210 g/mol. The van der Waals surface area contributed by atoms with Crippen molar-refractivity contribution in [1.82, 2.24) is 9.97 Å². The number of ether oxygens (including phenoxy) is 1. The van der Waals surface area contributed by atoms with Crippen molar-refractivity contribution >= 4 is 5.82 Å². The third-order valence-corrected chi connectivity index (χ3v) is 2.12. The lowest BCUT2D eigenvalue weighted by Gasteiger charge is -2.19. The average molecular weight is 210 g/mol. The zero-order valence-electron chi connectivity index (χ0n) is 9.53. The third kappa shape index (κ3) is 2.79. The molecule has 0 radical (unpaired) electrons. The van der Waals surface area contributed by atoms with Gasteiger partial charge in [0.1, 0.15) is 12.1 Å². The highest BCUT2D eigenvalue weighted by Gasteiger charge is 2.10. The van der Waals surface area contributed by atoms with Gasteiger partial charge in [0.2, 0.25) is 5.88 Å². The van der Waals surface area contributed by atoms with Crippen LogP contribution in [0.4, 0.5) is 5.82 Å². The fourth-order valence-corrected chi connectivity index (χ4v) is 1.39. The molecule has 0 spiro atoms. The average Bonchev–Trinajstić information content (AvgIpc) is 2.22. The first kappa shape index (κ1) is 11.7. The van der Waals surface area contributed by atoms with E-state index in [-0.39, 0.29) is 0 Å². The minimum atomic E-state index is 0.601. The van der Waals surface area contributed by atoms with Crippen LogP contribution < -0.4 is 15.4 Å². The Morgan fingerprint density at radius 2 is 2.20 bits per heavy atom. The molecule has 0 saturated heterocycles. The molecular formula is C10H18N4O. The summed E-state index contributed by atoms with van der Waals surface area (Å²) in [6.07, 6.45) is 1.51. The van der Waals surface area contributed by atoms with Crippen LogP contribution in [0.5, 0.6) is 5.88 Å². The van der Waals surface area contributed by atoms with E-state index < -0.39 is 0 Å². The zero-order valence-corrected chi connectivity index (χ0v) is 9.53. The second-order valence-corrected chi connectivity index (χ2v) is 3.27. The molecule has 0 amide bonds. The Morgan fingerprint density at radius 3 is 2.80 bits per heavy atom. The Kier molecular flexibility index (Phi) is 4.30. The van der Waals surface area contributed by atoms with E-state index in [2.05, 4.69) is 9.97 Å². The summed E-state index contributed by atoms with van der Waals surface area (Å²) in [4.78, 5) is 10.3. The van der Waals surface area contributed by atoms with Crippen molar-refractivity contribution in [3.05, 3.63) is 11.9 Å². The number of hydrogen-bond acceptors (Lipinski definition) is 5. The Balaban J connectivity index is 2.92. The minimum Gasteiger partial charge on any atom is -0.478 e. The number of hydrogen-bond donors (Lipinski definition) is 1. The van der Waals surface area contributed by atoms with Crippen LogP contribution in [0.3, 0.4) is 0 Å². The van der Waals surface area contributed by atoms with Crippen LogP contribution >= 0.6 is 0 Å². The summed E-state index contributed by atoms with van der Waals surface area (Å²) in [5.74, 6) is 1.52. The van der Waals surface area contributed by atoms with Crippen molar-refractivity contribution < 1.29 is 4.74 Å². The quantitative estimate of drug-likeness (QED) is 0.770. The van der Waals surface area contributed by atoms with Crippen molar-refractivity contribution in [3.63, 3.8) is 0 Å². The fourth-order valence-electron chi connectivity index (χ4n) is 1.39. The van der Waals surface area contributed by atoms with Crippen molar-refractivity contribution in [1.29, 1.82) is 0 Å². The topological polar surface area (TPSA) is 64.3 Å². The smallest absolute Gasteiger partial charge is 0.221 e. The summed E-state index contributed by atoms with van der Waals surface area (Å²) >= 11 is 0. The van der Waals surface area contributed by atoms with Crippen molar-refractivity contribution in [2.75, 3.05) is 31.6 Å². The van der Waals surface area contributed by atoms with Gasteiger partial charge < -0.3 is 15.4 Å². The summed E-state index contributed by atoms with van der Waals surface area (Å²) in [5.41, 5.74) is 6.45. The first-order valence-corrected chi connectivity index (χ1v) is 5.06. The number of aromatic nitrogens is 2. The number of nitrogens with zero attached hydrogens (tertiary/aromatic N) is 3. The number of nitrogens with two attached hydrogens (primary N) is 1. The van der Waals surface area contributed by atoms with Crippen LogP contribution in [0.15, 0.2) is 6.33 Å². The van der Waals surface area contributed by atoms with Gasteiger partial charge in [-0.2, -0.15) is 0 Å². The molecule has 15 heavy (non-hydrogen) atoms. The summed E-state index contributed by atoms with van der Waals surface area (Å²) in [5, 5.41) is 0. The largest absolute Gasteiger partial charge is 0.478 e. The summed E-state index contributed by atoms with van der Waals surface area (Å²) in [6, 6.07) is 0. The molecule has 2 N–H and O–H groups in total. The first-order chi connectivity index (χ1) is 7.20. The Hall–Kier alpha value is -1.36. The second kappa shape index (κ2) is 5.50. The molecule has 0 atom stereocenters. The normalized spacial score (nSPS) is 10.1. The van der Waals surface area contributed by atoms with Crippen molar-refractivity contribution in [2.45, 2.75) is 13.8 Å². The molecule has 0 aliphatic heterocycles. The molecule has 0 bridgehead atoms. The van der Waals surface area contributed by atoms with Crippen LogP contribution in [0.2, 0.25) is 0 Å². The summed E-state index contributed by atoms with van der Waals surface area (Å²) in [6.45, 7) is 5.86. The van der Waals surface area contributed by atoms with Gasteiger partial charge in [0.15, 0.2) is 0 Å². The van der Waals surface area contributed by atoms with Crippen LogP contribution in [0, 0.1) is 6.92 Å². The molecular weight excluding hydrogens is 192 g/mol. The van der Waals surface area contributed by atoms with Crippen molar-refractivity contribution in [2.24, 2.45) is 5.73 Å². The van der Waals surface area contributed by atoms with Crippen LogP contribution in [-0.4, -0.2) is 36.7 Å². The second-order valence-electron chi connectivity index (χ2n) is 3.27. The van der Waals surface area contributed by atoms with E-state index in [1.807, 2.05) is 25.8 Å². The van der Waals surface area contributed by atoms with Gasteiger partial charge in [-0.25, -0.2) is 9.97 Å². The molecule has 84 valence electrons. The first-order valence-electron chi connectivity index (χ1n) is 5.06. The molecule has 0 aliphatic rings. The van der Waals surface area contributed by atoms with Crippen LogP contribution in [-0.2, 0) is 0 Å². The molecule has 1 aromatic rings. The van der Waals surface area contributed by atoms with E-state index in [0.717, 1.165) is 17.9 Å². The molecule has 5 heteroatoms. The van der Waals surface area contributed by atoms with Gasteiger partial charge in [0, 0.05) is 20.1 Å². The summed E-state index contributed by atoms with van der Waals surface area (Å²) in [7, 11) is 1.96. The van der Waals surface area contributed by atoms with Crippen molar-refractivity contribution in [3.8, 4) is 5.88 Å². The molecule has 5 nitrogen and oxygen atoms in total. The van der Waals surface area contributed by atoms with E-state index >= 15 is 0 Å². The van der Waals surface area contributed by atoms with Gasteiger partial charge in [0.05, 0.1) is 12.2 Å². The van der Waals surface area contributed by atoms with Gasteiger partial charge in [-0.3, -0.25) is 0 Å². The number of anilines is 1. The lowest BCUT2D eigenvalue weighted by molar-refractivity contribution is 0.323. The van der Waals surface area contributed by atoms with E-state index in [9.17, 15) is 0 Å². The lowest BCUT2D eigenvalue weighted by Crippen LogP contribution is -2.26. The highest BCUT2D eigenvalue weighted by molar-refractivity contribution is 5.49. The Bertz CT molecular complexity index is 316. The third-order valence-electron chi connectivity index (χ3n) is 2.12. The molecule has 1 heterocycles. The fraction of sp³-hybridized carbons (Fsp3) is 0.600. The maximum atomic E-state index is 5.50. The summed E-state index contributed by atoms with van der Waals surface area (Å²) < 4.78 is 5.40. The lowest BCUT2D eigenvalue weighted by atomic mass is 10.3. The van der Waals surface area contributed by atoms with E-state index in [0.29, 0.717) is 19.0 Å². The maximum Gasteiger partial charge on any atom is 0.221 e. The van der Waals surface area contributed by atoms with Gasteiger partial charge >= 0.3 is 0 Å². The van der Waals surface area contributed by atoms with E-state index in [1.54, 1.807) is 0 Å². The zero-order chi connectivity index (χ0) is 11.3. The highest BCUT2D eigenvalue weighted by atomic mass is 16.5. The van der Waals surface area contributed by atoms with E-state index in [4.69, 9.17) is 10.5 Å². The molecule has 1 aromatic heterocycles. The van der Waals surface area contributed by atoms with Gasteiger partial charge in [-0.1, -0.05) is 0 Å². The van der Waals surface area contributed by atoms with Gasteiger partial charge in [-0.15, -0.1) is 0 Å².